The summed E-state index contributed by atoms with van der Waals surface area (Å²) in [6, 6.07) is 6.86. The zero-order valence-electron chi connectivity index (χ0n) is 14.6. The minimum atomic E-state index is -0.975. The molecule has 0 saturated heterocycles. The summed E-state index contributed by atoms with van der Waals surface area (Å²) >= 11 is 0. The molecule has 0 unspecified atom stereocenters. The molecule has 6 heteroatoms. The lowest BCUT2D eigenvalue weighted by molar-refractivity contribution is -0.142. The molecular weight excluding hydrogens is 306 g/mol. The van der Waals surface area contributed by atoms with Crippen molar-refractivity contribution in [3.63, 3.8) is 0 Å². The Morgan fingerprint density at radius 2 is 1.79 bits per heavy atom. The number of aryl methyl sites for hydroxylation is 1. The molecule has 1 aromatic carbocycles. The number of carboxylic acids is 1. The van der Waals surface area contributed by atoms with Gasteiger partial charge in [-0.05, 0) is 37.5 Å². The third-order valence-corrected chi connectivity index (χ3v) is 4.05. The van der Waals surface area contributed by atoms with E-state index < -0.39 is 11.4 Å². The van der Waals surface area contributed by atoms with E-state index in [-0.39, 0.29) is 11.8 Å². The summed E-state index contributed by atoms with van der Waals surface area (Å²) < 4.78 is 1.63. The summed E-state index contributed by atoms with van der Waals surface area (Å²) in [6.45, 7) is 7.27. The second-order valence-electron chi connectivity index (χ2n) is 6.72. The van der Waals surface area contributed by atoms with Crippen LogP contribution in [-0.4, -0.2) is 26.8 Å². The number of carboxylic acid groups (broad SMARTS) is 1. The molecule has 1 heterocycles. The largest absolute Gasteiger partial charge is 0.481 e. The van der Waals surface area contributed by atoms with Crippen LogP contribution in [0.5, 0.6) is 0 Å². The molecule has 2 rings (SSSR count). The molecule has 0 aliphatic heterocycles. The zero-order valence-corrected chi connectivity index (χ0v) is 14.6. The van der Waals surface area contributed by atoms with Gasteiger partial charge >= 0.3 is 5.97 Å². The molecule has 0 spiro atoms. The van der Waals surface area contributed by atoms with Gasteiger partial charge in [-0.1, -0.05) is 26.0 Å². The summed E-state index contributed by atoms with van der Waals surface area (Å²) in [5.41, 5.74) is 1.61. The predicted octanol–water partition coefficient (Wildman–Crippen LogP) is 3.16. The molecule has 0 bridgehead atoms. The van der Waals surface area contributed by atoms with Gasteiger partial charge in [-0.25, -0.2) is 0 Å². The van der Waals surface area contributed by atoms with Crippen molar-refractivity contribution in [3.8, 4) is 0 Å². The van der Waals surface area contributed by atoms with E-state index in [0.717, 1.165) is 5.69 Å². The number of benzene rings is 1. The maximum atomic E-state index is 12.5. The van der Waals surface area contributed by atoms with Gasteiger partial charge < -0.3 is 10.4 Å². The van der Waals surface area contributed by atoms with E-state index in [0.29, 0.717) is 16.8 Å². The minimum Gasteiger partial charge on any atom is -0.481 e. The number of nitrogens with one attached hydrogen (secondary N) is 1. The Bertz CT molecular complexity index is 758. The number of aliphatic carboxylic acids is 1. The summed E-state index contributed by atoms with van der Waals surface area (Å²) in [5.74, 6) is -0.973. The van der Waals surface area contributed by atoms with Gasteiger partial charge in [0.1, 0.15) is 0 Å². The van der Waals surface area contributed by atoms with E-state index in [1.807, 2.05) is 13.8 Å². The number of rotatable bonds is 5. The monoisotopic (exact) mass is 329 g/mol. The zero-order chi connectivity index (χ0) is 18.1. The van der Waals surface area contributed by atoms with Crippen molar-refractivity contribution in [1.29, 1.82) is 0 Å². The highest BCUT2D eigenvalue weighted by Crippen LogP contribution is 2.25. The van der Waals surface area contributed by atoms with Crippen LogP contribution in [-0.2, 0) is 17.3 Å². The van der Waals surface area contributed by atoms with E-state index in [2.05, 4.69) is 10.4 Å². The number of hydrogen-bond donors (Lipinski definition) is 2. The molecule has 0 fully saturated rings. The molecule has 2 aromatic rings. The Hall–Kier alpha value is -2.63. The second-order valence-corrected chi connectivity index (χ2v) is 6.72. The lowest BCUT2D eigenvalue weighted by atomic mass is 9.85. The number of hydrogen-bond acceptors (Lipinski definition) is 3. The highest BCUT2D eigenvalue weighted by atomic mass is 16.4. The lowest BCUT2D eigenvalue weighted by Crippen LogP contribution is -2.28. The van der Waals surface area contributed by atoms with E-state index in [4.69, 9.17) is 0 Å². The fourth-order valence-electron chi connectivity index (χ4n) is 2.40. The van der Waals surface area contributed by atoms with Gasteiger partial charge in [0.2, 0.25) is 0 Å². The maximum absolute atomic E-state index is 12.5. The molecule has 0 atom stereocenters. The van der Waals surface area contributed by atoms with Crippen molar-refractivity contribution in [2.75, 3.05) is 5.32 Å². The SMILES string of the molecule is CC(C)c1nn(C)cc1C(=O)Nc1ccc(C(C)(C)C(=O)O)cc1. The fraction of sp³-hybridized carbons (Fsp3) is 0.389. The molecule has 1 aromatic heterocycles. The van der Waals surface area contributed by atoms with E-state index in [1.54, 1.807) is 56.0 Å². The maximum Gasteiger partial charge on any atom is 0.313 e. The summed E-state index contributed by atoms with van der Waals surface area (Å²) in [7, 11) is 1.78. The Kier molecular flexibility index (Phi) is 4.78. The Morgan fingerprint density at radius 3 is 2.29 bits per heavy atom. The molecule has 24 heavy (non-hydrogen) atoms. The van der Waals surface area contributed by atoms with Gasteiger partial charge in [-0.15, -0.1) is 0 Å². The first-order valence-corrected chi connectivity index (χ1v) is 7.81. The van der Waals surface area contributed by atoms with E-state index in [9.17, 15) is 14.7 Å². The lowest BCUT2D eigenvalue weighted by Gasteiger charge is -2.19. The van der Waals surface area contributed by atoms with Crippen molar-refractivity contribution in [2.45, 2.75) is 39.0 Å². The Labute approximate surface area is 141 Å². The molecule has 6 nitrogen and oxygen atoms in total. The van der Waals surface area contributed by atoms with Gasteiger partial charge in [-0.3, -0.25) is 14.3 Å². The number of nitrogens with zero attached hydrogens (tertiary/aromatic N) is 2. The fourth-order valence-corrected chi connectivity index (χ4v) is 2.40. The molecular formula is C18H23N3O3. The molecule has 1 amide bonds. The average molecular weight is 329 g/mol. The van der Waals surface area contributed by atoms with Gasteiger partial charge in [0.05, 0.1) is 16.7 Å². The van der Waals surface area contributed by atoms with Gasteiger partial charge in [0, 0.05) is 18.9 Å². The van der Waals surface area contributed by atoms with Crippen LogP contribution in [0.1, 0.15) is 55.2 Å². The number of anilines is 1. The standard InChI is InChI=1S/C18H23N3O3/c1-11(2)15-14(10-21(5)20-15)16(22)19-13-8-6-12(7-9-13)18(3,4)17(23)24/h6-11H,1-5H3,(H,19,22)(H,23,24). The summed E-state index contributed by atoms with van der Waals surface area (Å²) in [5, 5.41) is 16.4. The van der Waals surface area contributed by atoms with E-state index >= 15 is 0 Å². The quantitative estimate of drug-likeness (QED) is 0.882. The number of amides is 1. The molecule has 0 saturated carbocycles. The van der Waals surface area contributed by atoms with Crippen LogP contribution >= 0.6 is 0 Å². The number of carbonyl (C=O) groups is 2. The van der Waals surface area contributed by atoms with Crippen LogP contribution in [0, 0.1) is 0 Å². The van der Waals surface area contributed by atoms with Crippen molar-refractivity contribution in [2.24, 2.45) is 7.05 Å². The second kappa shape index (κ2) is 6.47. The average Bonchev–Trinajstić information content (AvgIpc) is 2.90. The van der Waals surface area contributed by atoms with Gasteiger partial charge in [0.25, 0.3) is 5.91 Å². The Balaban J connectivity index is 2.20. The first kappa shape index (κ1) is 17.7. The van der Waals surface area contributed by atoms with Crippen LogP contribution in [0.25, 0.3) is 0 Å². The van der Waals surface area contributed by atoms with Crippen molar-refractivity contribution in [3.05, 3.63) is 47.3 Å². The number of aromatic nitrogens is 2. The highest BCUT2D eigenvalue weighted by molar-refractivity contribution is 6.05. The van der Waals surface area contributed by atoms with Crippen LogP contribution in [0.15, 0.2) is 30.5 Å². The van der Waals surface area contributed by atoms with Crippen molar-refractivity contribution in [1.82, 2.24) is 9.78 Å². The summed E-state index contributed by atoms with van der Waals surface area (Å²) in [4.78, 5) is 23.8. The van der Waals surface area contributed by atoms with Gasteiger partial charge in [0.15, 0.2) is 0 Å². The highest BCUT2D eigenvalue weighted by Gasteiger charge is 2.29. The van der Waals surface area contributed by atoms with Crippen LogP contribution in [0.3, 0.4) is 0 Å². The summed E-state index contributed by atoms with van der Waals surface area (Å²) in [6.07, 6.45) is 1.70. The molecule has 128 valence electrons. The van der Waals surface area contributed by atoms with Crippen LogP contribution < -0.4 is 5.32 Å². The number of carbonyl (C=O) groups excluding carboxylic acids is 1. The van der Waals surface area contributed by atoms with Crippen LogP contribution in [0.4, 0.5) is 5.69 Å². The van der Waals surface area contributed by atoms with Gasteiger partial charge in [-0.2, -0.15) is 5.10 Å². The van der Waals surface area contributed by atoms with Crippen LogP contribution in [0.2, 0.25) is 0 Å². The van der Waals surface area contributed by atoms with Crippen molar-refractivity contribution < 1.29 is 14.7 Å². The molecule has 0 radical (unpaired) electrons. The third-order valence-electron chi connectivity index (χ3n) is 4.05. The first-order valence-electron chi connectivity index (χ1n) is 7.81. The van der Waals surface area contributed by atoms with Crippen molar-refractivity contribution >= 4 is 17.6 Å². The third kappa shape index (κ3) is 3.48. The predicted molar refractivity (Wildman–Crippen MR) is 92.4 cm³/mol. The smallest absolute Gasteiger partial charge is 0.313 e. The first-order chi connectivity index (χ1) is 11.1. The molecule has 2 N–H and O–H groups in total. The molecule has 0 aliphatic carbocycles. The topological polar surface area (TPSA) is 84.2 Å². The normalized spacial score (nSPS) is 11.6. The molecule has 0 aliphatic rings. The van der Waals surface area contributed by atoms with E-state index in [1.165, 1.54) is 0 Å². The Morgan fingerprint density at radius 1 is 1.21 bits per heavy atom. The minimum absolute atomic E-state index is 0.144.